The number of rotatable bonds is 14. The van der Waals surface area contributed by atoms with E-state index in [4.69, 9.17) is 38.3 Å². The van der Waals surface area contributed by atoms with Gasteiger partial charge in [-0.1, -0.05) is 11.6 Å². The number of nitrogens with one attached hydrogen (secondary N) is 4. The van der Waals surface area contributed by atoms with Crippen LogP contribution in [0.5, 0.6) is 0 Å². The lowest BCUT2D eigenvalue weighted by atomic mass is 10.0. The molecule has 1 aliphatic heterocycles. The molecule has 2 atom stereocenters. The zero-order valence-electron chi connectivity index (χ0n) is 20.2. The largest absolute Gasteiger partial charge is 0.394 e. The molecule has 0 bridgehead atoms. The SMILES string of the molecule is N=C(NCCCCN1CCC(NC[C@H](O)COC[C@H](O)CO)CC1)NC(=O)c1nc(Cl)c(N)nc1N. The molecule has 1 amide bonds. The highest BCUT2D eigenvalue weighted by Crippen LogP contribution is 2.17. The number of halogens is 1. The minimum absolute atomic E-state index is 0.000499. The minimum Gasteiger partial charge on any atom is -0.394 e. The molecule has 1 saturated heterocycles. The Kier molecular flexibility index (Phi) is 13.0. The Balaban J connectivity index is 1.52. The van der Waals surface area contributed by atoms with Gasteiger partial charge < -0.3 is 47.1 Å². The van der Waals surface area contributed by atoms with E-state index in [1.54, 1.807) is 0 Å². The number of nitrogens with zero attached hydrogens (tertiary/aromatic N) is 3. The number of ether oxygens (including phenoxy) is 1. The van der Waals surface area contributed by atoms with Crippen LogP contribution in [0.2, 0.25) is 5.15 Å². The average molecular weight is 532 g/mol. The molecule has 2 rings (SSSR count). The monoisotopic (exact) mass is 531 g/mol. The number of amides is 1. The van der Waals surface area contributed by atoms with E-state index in [1.165, 1.54) is 0 Å². The normalized spacial score (nSPS) is 16.4. The summed E-state index contributed by atoms with van der Waals surface area (Å²) in [7, 11) is 0. The second-order valence-corrected chi connectivity index (χ2v) is 9.01. The summed E-state index contributed by atoms with van der Waals surface area (Å²) in [6.07, 6.45) is 2.13. The summed E-state index contributed by atoms with van der Waals surface area (Å²) in [5, 5.41) is 44.2. The zero-order chi connectivity index (χ0) is 26.5. The van der Waals surface area contributed by atoms with Gasteiger partial charge in [0.1, 0.15) is 6.10 Å². The van der Waals surface area contributed by atoms with Crippen LogP contribution >= 0.6 is 11.6 Å². The van der Waals surface area contributed by atoms with Gasteiger partial charge in [-0.05, 0) is 45.3 Å². The second kappa shape index (κ2) is 15.7. The van der Waals surface area contributed by atoms with E-state index in [-0.39, 0.29) is 48.3 Å². The summed E-state index contributed by atoms with van der Waals surface area (Å²) in [6.45, 7) is 3.54. The van der Waals surface area contributed by atoms with Gasteiger partial charge in [0.05, 0.1) is 25.9 Å². The maximum Gasteiger partial charge on any atom is 0.280 e. The van der Waals surface area contributed by atoms with E-state index in [9.17, 15) is 15.0 Å². The molecular formula is C21H38ClN9O5. The molecule has 1 aromatic rings. The third-order valence-electron chi connectivity index (χ3n) is 5.62. The van der Waals surface area contributed by atoms with E-state index >= 15 is 0 Å². The molecule has 14 nitrogen and oxygen atoms in total. The smallest absolute Gasteiger partial charge is 0.280 e. The van der Waals surface area contributed by atoms with Crippen LogP contribution in [0.4, 0.5) is 11.6 Å². The van der Waals surface area contributed by atoms with Gasteiger partial charge >= 0.3 is 0 Å². The topological polar surface area (TPSA) is 228 Å². The fraction of sp³-hybridized carbons (Fsp3) is 0.714. The van der Waals surface area contributed by atoms with Crippen LogP contribution in [0.1, 0.15) is 36.2 Å². The molecule has 2 heterocycles. The van der Waals surface area contributed by atoms with E-state index < -0.39 is 18.1 Å². The number of aliphatic hydroxyl groups excluding tert-OH is 3. The van der Waals surface area contributed by atoms with Gasteiger partial charge in [0.25, 0.3) is 5.91 Å². The molecule has 1 aromatic heterocycles. The third-order valence-corrected chi connectivity index (χ3v) is 5.90. The Morgan fingerprint density at radius 2 is 1.86 bits per heavy atom. The van der Waals surface area contributed by atoms with Gasteiger partial charge in [0, 0.05) is 19.1 Å². The molecule has 0 aromatic carbocycles. The molecule has 36 heavy (non-hydrogen) atoms. The Hall–Kier alpha value is -2.33. The van der Waals surface area contributed by atoms with E-state index in [0.29, 0.717) is 19.1 Å². The molecule has 1 aliphatic rings. The number of likely N-dealkylation sites (tertiary alicyclic amines) is 1. The Labute approximate surface area is 215 Å². The number of anilines is 2. The number of piperidine rings is 1. The number of guanidine groups is 1. The third kappa shape index (κ3) is 10.7. The van der Waals surface area contributed by atoms with E-state index in [2.05, 4.69) is 30.8 Å². The van der Waals surface area contributed by atoms with Gasteiger partial charge in [0.15, 0.2) is 28.4 Å². The molecule has 0 unspecified atom stereocenters. The van der Waals surface area contributed by atoms with Crippen LogP contribution in [0.25, 0.3) is 0 Å². The number of hydrogen-bond donors (Lipinski definition) is 9. The predicted octanol–water partition coefficient (Wildman–Crippen LogP) is -1.89. The Morgan fingerprint density at radius 3 is 2.56 bits per heavy atom. The number of aliphatic hydroxyl groups is 3. The van der Waals surface area contributed by atoms with Crippen LogP contribution in [-0.2, 0) is 4.74 Å². The fourth-order valence-corrected chi connectivity index (χ4v) is 3.74. The van der Waals surface area contributed by atoms with Crippen molar-refractivity contribution in [2.75, 3.05) is 64.0 Å². The first-order chi connectivity index (χ1) is 17.2. The van der Waals surface area contributed by atoms with Crippen LogP contribution in [0.3, 0.4) is 0 Å². The van der Waals surface area contributed by atoms with Crippen LogP contribution in [-0.4, -0.2) is 113 Å². The van der Waals surface area contributed by atoms with Crippen LogP contribution in [0.15, 0.2) is 0 Å². The lowest BCUT2D eigenvalue weighted by Gasteiger charge is -2.33. The molecule has 0 radical (unpaired) electrons. The number of carbonyl (C=O) groups excluding carboxylic acids is 1. The highest BCUT2D eigenvalue weighted by atomic mass is 35.5. The van der Waals surface area contributed by atoms with Crippen molar-refractivity contribution in [2.24, 2.45) is 0 Å². The molecular weight excluding hydrogens is 494 g/mol. The van der Waals surface area contributed by atoms with Gasteiger partial charge in [-0.25, -0.2) is 9.97 Å². The number of carbonyl (C=O) groups is 1. The standard InChI is InChI=1S/C21H38ClN9O5/c22-17-19(24)29-18(23)16(28-17)20(35)30-21(25)26-5-1-2-6-31-7-3-13(4-8-31)27-9-14(33)11-36-12-15(34)10-32/h13-15,27,32-34H,1-12H2,(H4,23,24,29)(H3,25,26,30,35)/t14-,15+/m0/s1. The van der Waals surface area contributed by atoms with Gasteiger partial charge in [-0.15, -0.1) is 0 Å². The molecule has 0 aliphatic carbocycles. The summed E-state index contributed by atoms with van der Waals surface area (Å²) in [5.41, 5.74) is 10.9. The van der Waals surface area contributed by atoms with Crippen LogP contribution in [0, 0.1) is 5.41 Å². The number of hydrogen-bond acceptors (Lipinski definition) is 12. The van der Waals surface area contributed by atoms with Crippen molar-refractivity contribution < 1.29 is 24.9 Å². The first kappa shape index (κ1) is 29.9. The summed E-state index contributed by atoms with van der Waals surface area (Å²) >= 11 is 5.78. The van der Waals surface area contributed by atoms with Crippen molar-refractivity contribution >= 4 is 35.1 Å². The highest BCUT2D eigenvalue weighted by Gasteiger charge is 2.20. The number of nitrogens with two attached hydrogens (primary N) is 2. The van der Waals surface area contributed by atoms with Gasteiger partial charge in [-0.3, -0.25) is 15.5 Å². The molecule has 0 spiro atoms. The molecule has 1 fully saturated rings. The number of aromatic nitrogens is 2. The lowest BCUT2D eigenvalue weighted by Crippen LogP contribution is -2.45. The molecule has 204 valence electrons. The summed E-state index contributed by atoms with van der Waals surface area (Å²) in [5.74, 6) is -1.10. The van der Waals surface area contributed by atoms with Crippen molar-refractivity contribution in [2.45, 2.75) is 43.9 Å². The minimum atomic E-state index is -0.922. The lowest BCUT2D eigenvalue weighted by molar-refractivity contribution is -0.0244. The Morgan fingerprint density at radius 1 is 1.17 bits per heavy atom. The van der Waals surface area contributed by atoms with Crippen molar-refractivity contribution in [3.05, 3.63) is 10.8 Å². The average Bonchev–Trinajstić information content (AvgIpc) is 2.85. The highest BCUT2D eigenvalue weighted by molar-refractivity contribution is 6.31. The van der Waals surface area contributed by atoms with Crippen molar-refractivity contribution in [3.63, 3.8) is 0 Å². The number of unbranched alkanes of at least 4 members (excludes halogenated alkanes) is 1. The first-order valence-electron chi connectivity index (χ1n) is 11.9. The summed E-state index contributed by atoms with van der Waals surface area (Å²) in [6, 6.07) is 0.333. The van der Waals surface area contributed by atoms with Crippen molar-refractivity contribution in [1.29, 1.82) is 5.41 Å². The van der Waals surface area contributed by atoms with E-state index in [1.807, 2.05) is 0 Å². The quantitative estimate of drug-likeness (QED) is 0.0729. The predicted molar refractivity (Wildman–Crippen MR) is 136 cm³/mol. The maximum atomic E-state index is 12.2. The Bertz CT molecular complexity index is 842. The number of nitrogen functional groups attached to an aromatic ring is 2. The van der Waals surface area contributed by atoms with Crippen molar-refractivity contribution in [1.82, 2.24) is 30.8 Å². The van der Waals surface area contributed by atoms with Gasteiger partial charge in [-0.2, -0.15) is 0 Å². The van der Waals surface area contributed by atoms with E-state index in [0.717, 1.165) is 45.3 Å². The maximum absolute atomic E-state index is 12.2. The first-order valence-corrected chi connectivity index (χ1v) is 12.3. The zero-order valence-corrected chi connectivity index (χ0v) is 21.0. The second-order valence-electron chi connectivity index (χ2n) is 8.65. The van der Waals surface area contributed by atoms with Gasteiger partial charge in [0.2, 0.25) is 0 Å². The molecule has 15 heteroatoms. The summed E-state index contributed by atoms with van der Waals surface area (Å²) in [4.78, 5) is 22.1. The van der Waals surface area contributed by atoms with Crippen molar-refractivity contribution in [3.8, 4) is 0 Å². The summed E-state index contributed by atoms with van der Waals surface area (Å²) < 4.78 is 5.17. The fourth-order valence-electron chi connectivity index (χ4n) is 3.61. The van der Waals surface area contributed by atoms with Crippen LogP contribution < -0.4 is 27.4 Å². The molecule has 11 N–H and O–H groups in total. The molecule has 0 saturated carbocycles.